The first-order chi connectivity index (χ1) is 7.94. The maximum absolute atomic E-state index is 12.0. The second kappa shape index (κ2) is 4.38. The summed E-state index contributed by atoms with van der Waals surface area (Å²) < 4.78 is 5.34. The van der Waals surface area contributed by atoms with Gasteiger partial charge in [0.25, 0.3) is 11.8 Å². The van der Waals surface area contributed by atoms with Crippen LogP contribution in [-0.4, -0.2) is 47.2 Å². The Balaban J connectivity index is 2.10. The lowest BCUT2D eigenvalue weighted by Crippen LogP contribution is -2.54. The van der Waals surface area contributed by atoms with Gasteiger partial charge in [-0.1, -0.05) is 13.8 Å². The fourth-order valence-corrected chi connectivity index (χ4v) is 2.42. The van der Waals surface area contributed by atoms with Gasteiger partial charge in [-0.2, -0.15) is 0 Å². The third-order valence-electron chi connectivity index (χ3n) is 3.48. The zero-order valence-electron chi connectivity index (χ0n) is 10.3. The number of hydrogen-bond donors (Lipinski definition) is 1. The Kier molecular flexibility index (Phi) is 3.23. The molecule has 5 heteroatoms. The summed E-state index contributed by atoms with van der Waals surface area (Å²) in [6, 6.07) is 0. The molecular weight excluding hydrogens is 222 g/mol. The molecule has 2 rings (SSSR count). The molecule has 2 saturated heterocycles. The summed E-state index contributed by atoms with van der Waals surface area (Å²) in [4.78, 5) is 25.3. The lowest BCUT2D eigenvalue weighted by atomic mass is 9.88. The van der Waals surface area contributed by atoms with Gasteiger partial charge in [-0.3, -0.25) is 14.5 Å². The number of nitrogens with zero attached hydrogens (tertiary/aromatic N) is 1. The molecule has 0 aliphatic carbocycles. The second-order valence-corrected chi connectivity index (χ2v) is 5.59. The maximum atomic E-state index is 12.0. The second-order valence-electron chi connectivity index (χ2n) is 5.59. The Hall–Kier alpha value is -0.940. The minimum absolute atomic E-state index is 0.0621. The molecule has 0 saturated carbocycles. The number of morpholine rings is 1. The van der Waals surface area contributed by atoms with Crippen LogP contribution in [0, 0.1) is 5.41 Å². The minimum atomic E-state index is -0.428. The van der Waals surface area contributed by atoms with Crippen molar-refractivity contribution < 1.29 is 19.4 Å². The lowest BCUT2D eigenvalue weighted by Gasteiger charge is -2.35. The van der Waals surface area contributed by atoms with Crippen molar-refractivity contribution in [1.29, 1.82) is 0 Å². The topological polar surface area (TPSA) is 66.8 Å². The predicted molar refractivity (Wildman–Crippen MR) is 60.1 cm³/mol. The van der Waals surface area contributed by atoms with Crippen molar-refractivity contribution in [3.05, 3.63) is 0 Å². The Morgan fingerprint density at radius 3 is 2.29 bits per heavy atom. The van der Waals surface area contributed by atoms with Crippen LogP contribution in [0.5, 0.6) is 0 Å². The summed E-state index contributed by atoms with van der Waals surface area (Å²) >= 11 is 0. The first-order valence-electron chi connectivity index (χ1n) is 6.06. The third-order valence-corrected chi connectivity index (χ3v) is 3.48. The van der Waals surface area contributed by atoms with E-state index >= 15 is 0 Å². The van der Waals surface area contributed by atoms with Gasteiger partial charge in [-0.15, -0.1) is 0 Å². The van der Waals surface area contributed by atoms with E-state index in [1.807, 2.05) is 13.8 Å². The standard InChI is InChI=1S/C12H19NO4/c1-12(2,5-6-14)7-13-10(15)8-3-4-9(17-8)11(13)16/h8-9,14H,3-7H2,1-2H3. The molecule has 0 aromatic rings. The normalized spacial score (nSPS) is 29.0. The van der Waals surface area contributed by atoms with E-state index in [9.17, 15) is 9.59 Å². The molecule has 0 radical (unpaired) electrons. The van der Waals surface area contributed by atoms with E-state index < -0.39 is 12.2 Å². The molecule has 96 valence electrons. The quantitative estimate of drug-likeness (QED) is 0.719. The van der Waals surface area contributed by atoms with Crippen LogP contribution < -0.4 is 0 Å². The van der Waals surface area contributed by atoms with Gasteiger partial charge in [0.1, 0.15) is 12.2 Å². The number of aliphatic hydroxyl groups is 1. The van der Waals surface area contributed by atoms with Gasteiger partial charge < -0.3 is 9.84 Å². The third kappa shape index (κ3) is 2.35. The monoisotopic (exact) mass is 241 g/mol. The SMILES string of the molecule is CC(C)(CCO)CN1C(=O)C2CCC(O2)C1=O. The first kappa shape index (κ1) is 12.5. The summed E-state index contributed by atoms with van der Waals surface area (Å²) in [6.07, 6.45) is 1.00. The molecule has 5 nitrogen and oxygen atoms in total. The smallest absolute Gasteiger partial charge is 0.258 e. The highest BCUT2D eigenvalue weighted by atomic mass is 16.5. The summed E-state index contributed by atoms with van der Waals surface area (Å²) in [5, 5.41) is 8.97. The van der Waals surface area contributed by atoms with E-state index in [0.29, 0.717) is 25.8 Å². The van der Waals surface area contributed by atoms with Crippen LogP contribution in [-0.2, 0) is 14.3 Å². The Morgan fingerprint density at radius 1 is 1.29 bits per heavy atom. The van der Waals surface area contributed by atoms with E-state index in [4.69, 9.17) is 9.84 Å². The number of amides is 2. The highest BCUT2D eigenvalue weighted by Crippen LogP contribution is 2.31. The highest BCUT2D eigenvalue weighted by Gasteiger charge is 2.47. The average molecular weight is 241 g/mol. The number of ether oxygens (including phenoxy) is 1. The molecule has 2 bridgehead atoms. The van der Waals surface area contributed by atoms with E-state index in [1.165, 1.54) is 4.90 Å². The minimum Gasteiger partial charge on any atom is -0.396 e. The molecule has 17 heavy (non-hydrogen) atoms. The fourth-order valence-electron chi connectivity index (χ4n) is 2.42. The van der Waals surface area contributed by atoms with Crippen molar-refractivity contribution in [3.8, 4) is 0 Å². The van der Waals surface area contributed by atoms with Crippen LogP contribution >= 0.6 is 0 Å². The van der Waals surface area contributed by atoms with Gasteiger partial charge in [0.15, 0.2) is 0 Å². The lowest BCUT2D eigenvalue weighted by molar-refractivity contribution is -0.170. The Morgan fingerprint density at radius 2 is 1.82 bits per heavy atom. The van der Waals surface area contributed by atoms with Crippen molar-refractivity contribution in [2.45, 2.75) is 45.3 Å². The van der Waals surface area contributed by atoms with E-state index in [-0.39, 0.29) is 23.8 Å². The number of aliphatic hydroxyl groups excluding tert-OH is 1. The predicted octanol–water partition coefficient (Wildman–Crippen LogP) is 0.311. The van der Waals surface area contributed by atoms with Crippen LogP contribution in [0.25, 0.3) is 0 Å². The number of rotatable bonds is 4. The van der Waals surface area contributed by atoms with Crippen LogP contribution in [0.2, 0.25) is 0 Å². The van der Waals surface area contributed by atoms with Crippen molar-refractivity contribution in [2.75, 3.05) is 13.2 Å². The molecule has 2 fully saturated rings. The summed E-state index contributed by atoms with van der Waals surface area (Å²) in [6.45, 7) is 4.32. The molecule has 2 unspecified atom stereocenters. The van der Waals surface area contributed by atoms with Crippen molar-refractivity contribution in [2.24, 2.45) is 5.41 Å². The summed E-state index contributed by atoms with van der Waals surface area (Å²) in [5.41, 5.74) is -0.253. The number of imide groups is 1. The number of fused-ring (bicyclic) bond motifs is 2. The number of likely N-dealkylation sites (tertiary alicyclic amines) is 1. The van der Waals surface area contributed by atoms with E-state index in [2.05, 4.69) is 0 Å². The average Bonchev–Trinajstić information content (AvgIpc) is 2.68. The molecule has 0 aromatic carbocycles. The number of carbonyl (C=O) groups excluding carboxylic acids is 2. The zero-order chi connectivity index (χ0) is 12.6. The molecular formula is C12H19NO4. The molecule has 2 heterocycles. The summed E-state index contributed by atoms with van der Waals surface area (Å²) in [7, 11) is 0. The Labute approximate surface area is 101 Å². The van der Waals surface area contributed by atoms with Crippen molar-refractivity contribution in [1.82, 2.24) is 4.90 Å². The van der Waals surface area contributed by atoms with Crippen molar-refractivity contribution >= 4 is 11.8 Å². The van der Waals surface area contributed by atoms with Crippen LogP contribution in [0.3, 0.4) is 0 Å². The zero-order valence-corrected chi connectivity index (χ0v) is 10.3. The fraction of sp³-hybridized carbons (Fsp3) is 0.833. The van der Waals surface area contributed by atoms with Gasteiger partial charge in [-0.25, -0.2) is 0 Å². The molecule has 2 amide bonds. The van der Waals surface area contributed by atoms with Crippen LogP contribution in [0.1, 0.15) is 33.1 Å². The van der Waals surface area contributed by atoms with Crippen LogP contribution in [0.4, 0.5) is 0 Å². The Bertz CT molecular complexity index is 317. The van der Waals surface area contributed by atoms with Crippen molar-refractivity contribution in [3.63, 3.8) is 0 Å². The number of hydrogen-bond acceptors (Lipinski definition) is 4. The van der Waals surface area contributed by atoms with Gasteiger partial charge >= 0.3 is 0 Å². The molecule has 0 aromatic heterocycles. The summed E-state index contributed by atoms with van der Waals surface area (Å²) in [5.74, 6) is -0.426. The highest BCUT2D eigenvalue weighted by molar-refractivity contribution is 6.02. The largest absolute Gasteiger partial charge is 0.396 e. The molecule has 2 aliphatic rings. The van der Waals surface area contributed by atoms with Gasteiger partial charge in [0.2, 0.25) is 0 Å². The number of carbonyl (C=O) groups is 2. The van der Waals surface area contributed by atoms with E-state index in [1.54, 1.807) is 0 Å². The van der Waals surface area contributed by atoms with Gasteiger partial charge in [0, 0.05) is 13.2 Å². The van der Waals surface area contributed by atoms with Crippen LogP contribution in [0.15, 0.2) is 0 Å². The van der Waals surface area contributed by atoms with Gasteiger partial charge in [0.05, 0.1) is 0 Å². The maximum Gasteiger partial charge on any atom is 0.258 e. The first-order valence-corrected chi connectivity index (χ1v) is 6.06. The van der Waals surface area contributed by atoms with E-state index in [0.717, 1.165) is 0 Å². The molecule has 2 atom stereocenters. The molecule has 2 aliphatic heterocycles. The van der Waals surface area contributed by atoms with Gasteiger partial charge in [-0.05, 0) is 24.7 Å². The molecule has 1 N–H and O–H groups in total. The molecule has 0 spiro atoms.